The van der Waals surface area contributed by atoms with E-state index in [2.05, 4.69) is 5.32 Å². The van der Waals surface area contributed by atoms with Crippen molar-refractivity contribution in [1.82, 2.24) is 10.2 Å². The van der Waals surface area contributed by atoms with Crippen LogP contribution in [-0.4, -0.2) is 43.8 Å². The smallest absolute Gasteiger partial charge is 0.264 e. The standard InChI is InChI=1S/C30H37N3O4S/c1-5-24(4)31-30(35)28(6-2)32(21-25-15-9-7-10-16-25)29(34)22-33(26-17-13-14-23(3)20-26)38(36,37)27-18-11-8-12-19-27/h7-20,24,28H,5-6,21-22H2,1-4H3,(H,31,35)/t24-,28+/m0/s1. The first-order valence-corrected chi connectivity index (χ1v) is 14.4. The Labute approximate surface area is 226 Å². The highest BCUT2D eigenvalue weighted by molar-refractivity contribution is 7.92. The Balaban J connectivity index is 2.03. The van der Waals surface area contributed by atoms with Gasteiger partial charge in [-0.1, -0.05) is 74.5 Å². The largest absolute Gasteiger partial charge is 0.352 e. The first kappa shape index (κ1) is 28.9. The summed E-state index contributed by atoms with van der Waals surface area (Å²) in [6.07, 6.45) is 1.14. The summed E-state index contributed by atoms with van der Waals surface area (Å²) in [5, 5.41) is 2.99. The van der Waals surface area contributed by atoms with E-state index >= 15 is 0 Å². The number of nitrogens with one attached hydrogen (secondary N) is 1. The van der Waals surface area contributed by atoms with Crippen LogP contribution in [0.3, 0.4) is 0 Å². The van der Waals surface area contributed by atoms with Crippen LogP contribution in [0.25, 0.3) is 0 Å². The number of carbonyl (C=O) groups excluding carboxylic acids is 2. The molecule has 0 unspecified atom stereocenters. The topological polar surface area (TPSA) is 86.8 Å². The first-order chi connectivity index (χ1) is 18.2. The molecule has 2 amide bonds. The van der Waals surface area contributed by atoms with E-state index in [0.29, 0.717) is 12.1 Å². The lowest BCUT2D eigenvalue weighted by molar-refractivity contribution is -0.140. The minimum absolute atomic E-state index is 0.0486. The molecule has 1 N–H and O–H groups in total. The van der Waals surface area contributed by atoms with Gasteiger partial charge in [0.05, 0.1) is 10.6 Å². The molecule has 3 rings (SSSR count). The number of rotatable bonds is 12. The zero-order valence-corrected chi connectivity index (χ0v) is 23.3. The molecule has 0 aliphatic rings. The maximum Gasteiger partial charge on any atom is 0.264 e. The quantitative estimate of drug-likeness (QED) is 0.357. The Morgan fingerprint density at radius 3 is 2.08 bits per heavy atom. The van der Waals surface area contributed by atoms with Gasteiger partial charge in [-0.3, -0.25) is 13.9 Å². The summed E-state index contributed by atoms with van der Waals surface area (Å²) >= 11 is 0. The number of aryl methyl sites for hydroxylation is 1. The molecule has 0 aromatic heterocycles. The summed E-state index contributed by atoms with van der Waals surface area (Å²) in [5.74, 6) is -0.708. The van der Waals surface area contributed by atoms with E-state index in [1.54, 1.807) is 36.4 Å². The van der Waals surface area contributed by atoms with Gasteiger partial charge in [-0.15, -0.1) is 0 Å². The van der Waals surface area contributed by atoms with Crippen LogP contribution >= 0.6 is 0 Å². The van der Waals surface area contributed by atoms with Gasteiger partial charge in [0.2, 0.25) is 11.8 Å². The monoisotopic (exact) mass is 535 g/mol. The molecule has 0 radical (unpaired) electrons. The summed E-state index contributed by atoms with van der Waals surface area (Å²) in [6, 6.07) is 23.7. The van der Waals surface area contributed by atoms with Gasteiger partial charge in [0.15, 0.2) is 0 Å². The van der Waals surface area contributed by atoms with Gasteiger partial charge in [0.1, 0.15) is 12.6 Å². The molecule has 0 spiro atoms. The Morgan fingerprint density at radius 1 is 0.868 bits per heavy atom. The maximum absolute atomic E-state index is 14.0. The molecule has 7 nitrogen and oxygen atoms in total. The van der Waals surface area contributed by atoms with Crippen molar-refractivity contribution in [3.8, 4) is 0 Å². The van der Waals surface area contributed by atoms with Crippen LogP contribution < -0.4 is 9.62 Å². The van der Waals surface area contributed by atoms with Gasteiger partial charge in [-0.25, -0.2) is 8.42 Å². The summed E-state index contributed by atoms with van der Waals surface area (Å²) in [4.78, 5) is 28.8. The molecule has 3 aromatic carbocycles. The molecular weight excluding hydrogens is 498 g/mol. The van der Waals surface area contributed by atoms with Crippen LogP contribution in [0.2, 0.25) is 0 Å². The fourth-order valence-corrected chi connectivity index (χ4v) is 5.60. The molecule has 3 aromatic rings. The van der Waals surface area contributed by atoms with Crippen molar-refractivity contribution in [2.24, 2.45) is 0 Å². The highest BCUT2D eigenvalue weighted by Gasteiger charge is 2.33. The van der Waals surface area contributed by atoms with E-state index in [1.807, 2.05) is 64.1 Å². The number of hydrogen-bond acceptors (Lipinski definition) is 4. The number of amides is 2. The molecule has 0 aliphatic heterocycles. The number of sulfonamides is 1. The number of hydrogen-bond donors (Lipinski definition) is 1. The Morgan fingerprint density at radius 2 is 1.50 bits per heavy atom. The summed E-state index contributed by atoms with van der Waals surface area (Å²) in [7, 11) is -4.06. The summed E-state index contributed by atoms with van der Waals surface area (Å²) in [6.45, 7) is 7.35. The average molecular weight is 536 g/mol. The zero-order chi connectivity index (χ0) is 27.7. The molecule has 0 bridgehead atoms. The van der Waals surface area contributed by atoms with Crippen molar-refractivity contribution in [1.29, 1.82) is 0 Å². The second-order valence-corrected chi connectivity index (χ2v) is 11.3. The van der Waals surface area contributed by atoms with Crippen molar-refractivity contribution >= 4 is 27.5 Å². The molecule has 38 heavy (non-hydrogen) atoms. The molecule has 202 valence electrons. The normalized spacial score (nSPS) is 12.8. The lowest BCUT2D eigenvalue weighted by Crippen LogP contribution is -2.53. The van der Waals surface area contributed by atoms with E-state index in [0.717, 1.165) is 21.9 Å². The lowest BCUT2D eigenvalue weighted by Gasteiger charge is -2.33. The molecule has 0 saturated carbocycles. The molecular formula is C30H37N3O4S. The Hall–Kier alpha value is -3.65. The summed E-state index contributed by atoms with van der Waals surface area (Å²) in [5.41, 5.74) is 2.10. The third-order valence-corrected chi connectivity index (χ3v) is 8.27. The zero-order valence-electron chi connectivity index (χ0n) is 22.5. The van der Waals surface area contributed by atoms with Gasteiger partial charge in [-0.2, -0.15) is 0 Å². The Kier molecular flexibility index (Phi) is 10.1. The predicted molar refractivity (Wildman–Crippen MR) is 151 cm³/mol. The third kappa shape index (κ3) is 7.22. The van der Waals surface area contributed by atoms with Crippen molar-refractivity contribution in [2.75, 3.05) is 10.8 Å². The summed E-state index contributed by atoms with van der Waals surface area (Å²) < 4.78 is 28.7. The van der Waals surface area contributed by atoms with Gasteiger partial charge in [-0.05, 0) is 62.1 Å². The molecule has 8 heteroatoms. The molecule has 2 atom stereocenters. The second-order valence-electron chi connectivity index (χ2n) is 9.41. The highest BCUT2D eigenvalue weighted by atomic mass is 32.2. The molecule has 0 fully saturated rings. The number of carbonyl (C=O) groups is 2. The van der Waals surface area contributed by atoms with Crippen molar-refractivity contribution in [3.63, 3.8) is 0 Å². The maximum atomic E-state index is 14.0. The number of nitrogens with zero attached hydrogens (tertiary/aromatic N) is 2. The molecule has 0 heterocycles. The Bertz CT molecular complexity index is 1310. The van der Waals surface area contributed by atoms with Crippen molar-refractivity contribution < 1.29 is 18.0 Å². The second kappa shape index (κ2) is 13.2. The van der Waals surface area contributed by atoms with E-state index in [9.17, 15) is 18.0 Å². The van der Waals surface area contributed by atoms with Gasteiger partial charge in [0, 0.05) is 12.6 Å². The van der Waals surface area contributed by atoms with Crippen LogP contribution in [-0.2, 0) is 26.2 Å². The molecule has 0 aliphatic carbocycles. The minimum Gasteiger partial charge on any atom is -0.352 e. The van der Waals surface area contributed by atoms with Crippen LogP contribution in [0, 0.1) is 6.92 Å². The van der Waals surface area contributed by atoms with Crippen molar-refractivity contribution in [2.45, 2.75) is 64.1 Å². The first-order valence-electron chi connectivity index (χ1n) is 13.0. The van der Waals surface area contributed by atoms with E-state index in [-0.39, 0.29) is 23.4 Å². The minimum atomic E-state index is -4.06. The van der Waals surface area contributed by atoms with Gasteiger partial charge < -0.3 is 10.2 Å². The fourth-order valence-electron chi connectivity index (χ4n) is 4.17. The van der Waals surface area contributed by atoms with E-state index in [4.69, 9.17) is 0 Å². The SMILES string of the molecule is CC[C@H](C(=O)N[C@@H](C)CC)N(Cc1ccccc1)C(=O)CN(c1cccc(C)c1)S(=O)(=O)c1ccccc1. The van der Waals surface area contributed by atoms with Gasteiger partial charge in [0.25, 0.3) is 10.0 Å². The average Bonchev–Trinajstić information content (AvgIpc) is 2.92. The van der Waals surface area contributed by atoms with Crippen LogP contribution in [0.4, 0.5) is 5.69 Å². The van der Waals surface area contributed by atoms with Crippen LogP contribution in [0.15, 0.2) is 89.8 Å². The van der Waals surface area contributed by atoms with Crippen LogP contribution in [0.5, 0.6) is 0 Å². The highest BCUT2D eigenvalue weighted by Crippen LogP contribution is 2.25. The number of anilines is 1. The number of benzene rings is 3. The van der Waals surface area contributed by atoms with E-state index < -0.39 is 28.5 Å². The van der Waals surface area contributed by atoms with E-state index in [1.165, 1.54) is 17.0 Å². The molecule has 0 saturated heterocycles. The van der Waals surface area contributed by atoms with Crippen molar-refractivity contribution in [3.05, 3.63) is 96.1 Å². The fraction of sp³-hybridized carbons (Fsp3) is 0.333. The van der Waals surface area contributed by atoms with Gasteiger partial charge >= 0.3 is 0 Å². The lowest BCUT2D eigenvalue weighted by atomic mass is 10.1. The predicted octanol–water partition coefficient (Wildman–Crippen LogP) is 4.91. The third-order valence-electron chi connectivity index (χ3n) is 6.48. The van der Waals surface area contributed by atoms with Crippen LogP contribution in [0.1, 0.15) is 44.7 Å².